The number of aromatic nitrogens is 1. The molecule has 0 bridgehead atoms. The molecule has 0 saturated heterocycles. The summed E-state index contributed by atoms with van der Waals surface area (Å²) in [6.45, 7) is 3.66. The molecular weight excluding hydrogens is 340 g/mol. The molecular formula is C22H22N2O3. The van der Waals surface area contributed by atoms with Crippen LogP contribution in [0.1, 0.15) is 26.0 Å². The zero-order valence-electron chi connectivity index (χ0n) is 15.9. The van der Waals surface area contributed by atoms with E-state index in [9.17, 15) is 10.1 Å². The second-order valence-corrected chi connectivity index (χ2v) is 7.26. The molecule has 0 fully saturated rings. The Balaban J connectivity index is 2.17. The van der Waals surface area contributed by atoms with E-state index >= 15 is 0 Å². The number of hydrogen-bond donors (Lipinski definition) is 0. The minimum atomic E-state index is -0.944. The maximum absolute atomic E-state index is 12.5. The molecule has 5 heteroatoms. The van der Waals surface area contributed by atoms with Gasteiger partial charge in [-0.2, -0.15) is 5.26 Å². The molecule has 3 rings (SSSR count). The fraction of sp³-hybridized carbons (Fsp3) is 0.318. The van der Waals surface area contributed by atoms with Gasteiger partial charge in [-0.25, -0.2) is 4.98 Å². The van der Waals surface area contributed by atoms with Crippen LogP contribution in [0, 0.1) is 16.7 Å². The lowest BCUT2D eigenvalue weighted by Gasteiger charge is -2.39. The van der Waals surface area contributed by atoms with Crippen molar-refractivity contribution in [3.63, 3.8) is 0 Å². The lowest BCUT2D eigenvalue weighted by atomic mass is 9.68. The van der Waals surface area contributed by atoms with E-state index in [1.165, 1.54) is 0 Å². The topological polar surface area (TPSA) is 72.2 Å². The lowest BCUT2D eigenvalue weighted by Crippen LogP contribution is -2.42. The molecule has 1 aromatic heterocycles. The van der Waals surface area contributed by atoms with E-state index in [2.05, 4.69) is 0 Å². The highest BCUT2D eigenvalue weighted by Gasteiger charge is 2.47. The fourth-order valence-electron chi connectivity index (χ4n) is 3.61. The standard InChI is InChI=1S/C22H22N2O3/c1-21(2)14-22(27-4,12-15(13-23)20(21)25)19-11-7-9-17(24-19)16-8-5-6-10-18(16)26-3/h5-12H,14H2,1-4H3. The monoisotopic (exact) mass is 362 g/mol. The zero-order chi connectivity index (χ0) is 19.7. The third-order valence-electron chi connectivity index (χ3n) is 4.99. The van der Waals surface area contributed by atoms with Gasteiger partial charge in [0.25, 0.3) is 0 Å². The molecule has 1 aliphatic rings. The number of para-hydroxylation sites is 1. The fourth-order valence-corrected chi connectivity index (χ4v) is 3.61. The summed E-state index contributed by atoms with van der Waals surface area (Å²) in [5.41, 5.74) is 0.699. The van der Waals surface area contributed by atoms with Gasteiger partial charge in [-0.1, -0.05) is 32.0 Å². The summed E-state index contributed by atoms with van der Waals surface area (Å²) in [6, 6.07) is 15.3. The van der Waals surface area contributed by atoms with Crippen LogP contribution >= 0.6 is 0 Å². The molecule has 0 saturated carbocycles. The van der Waals surface area contributed by atoms with Crippen molar-refractivity contribution in [2.45, 2.75) is 25.9 Å². The van der Waals surface area contributed by atoms with Gasteiger partial charge in [0.05, 0.1) is 24.1 Å². The predicted molar refractivity (Wildman–Crippen MR) is 102 cm³/mol. The van der Waals surface area contributed by atoms with Crippen molar-refractivity contribution in [2.75, 3.05) is 14.2 Å². The van der Waals surface area contributed by atoms with E-state index in [0.29, 0.717) is 12.1 Å². The zero-order valence-corrected chi connectivity index (χ0v) is 15.9. The van der Waals surface area contributed by atoms with Gasteiger partial charge in [0.15, 0.2) is 5.78 Å². The van der Waals surface area contributed by atoms with Crippen molar-refractivity contribution in [2.24, 2.45) is 5.41 Å². The number of allylic oxidation sites excluding steroid dienone is 1. The van der Waals surface area contributed by atoms with Crippen LogP contribution in [0.15, 0.2) is 54.1 Å². The summed E-state index contributed by atoms with van der Waals surface area (Å²) in [5.74, 6) is 0.555. The Hall–Kier alpha value is -2.97. The maximum atomic E-state index is 12.5. The average molecular weight is 362 g/mol. The van der Waals surface area contributed by atoms with Crippen molar-refractivity contribution in [3.05, 3.63) is 59.8 Å². The minimum absolute atomic E-state index is 0.109. The Kier molecular flexibility index (Phi) is 4.86. The van der Waals surface area contributed by atoms with Crippen LogP contribution < -0.4 is 4.74 Å². The van der Waals surface area contributed by atoms with Gasteiger partial charge in [-0.05, 0) is 36.8 Å². The number of pyridine rings is 1. The molecule has 1 aliphatic carbocycles. The molecule has 1 aromatic carbocycles. The number of benzene rings is 1. The number of ketones is 1. The second kappa shape index (κ2) is 6.98. The maximum Gasteiger partial charge on any atom is 0.178 e. The number of Topliss-reactive ketones (excluding diaryl/α,β-unsaturated/α-hetero) is 1. The summed E-state index contributed by atoms with van der Waals surface area (Å²) in [4.78, 5) is 17.3. The largest absolute Gasteiger partial charge is 0.496 e. The van der Waals surface area contributed by atoms with Gasteiger partial charge in [-0.15, -0.1) is 0 Å². The van der Waals surface area contributed by atoms with Crippen molar-refractivity contribution >= 4 is 5.78 Å². The lowest BCUT2D eigenvalue weighted by molar-refractivity contribution is -0.128. The summed E-state index contributed by atoms with van der Waals surface area (Å²) in [5, 5.41) is 9.44. The number of rotatable bonds is 4. The number of hydrogen-bond acceptors (Lipinski definition) is 5. The van der Waals surface area contributed by atoms with Crippen molar-refractivity contribution < 1.29 is 14.3 Å². The molecule has 1 heterocycles. The van der Waals surface area contributed by atoms with Gasteiger partial charge in [0.1, 0.15) is 17.4 Å². The van der Waals surface area contributed by atoms with Crippen LogP contribution in [-0.2, 0) is 15.1 Å². The van der Waals surface area contributed by atoms with E-state index in [4.69, 9.17) is 14.5 Å². The summed E-state index contributed by atoms with van der Waals surface area (Å²) < 4.78 is 11.3. The molecule has 1 atom stereocenters. The van der Waals surface area contributed by atoms with Crippen LogP contribution in [-0.4, -0.2) is 25.0 Å². The first kappa shape index (κ1) is 18.8. The average Bonchev–Trinajstić information content (AvgIpc) is 2.70. The van der Waals surface area contributed by atoms with Gasteiger partial charge < -0.3 is 9.47 Å². The predicted octanol–water partition coefficient (Wildman–Crippen LogP) is 4.05. The Morgan fingerprint density at radius 3 is 2.52 bits per heavy atom. The Morgan fingerprint density at radius 2 is 1.85 bits per heavy atom. The van der Waals surface area contributed by atoms with Gasteiger partial charge >= 0.3 is 0 Å². The van der Waals surface area contributed by atoms with E-state index in [1.807, 2.05) is 62.4 Å². The number of methoxy groups -OCH3 is 2. The van der Waals surface area contributed by atoms with Crippen molar-refractivity contribution in [1.29, 1.82) is 5.26 Å². The first-order valence-electron chi connectivity index (χ1n) is 8.71. The quantitative estimate of drug-likeness (QED) is 0.820. The third-order valence-corrected chi connectivity index (χ3v) is 4.99. The Morgan fingerprint density at radius 1 is 1.11 bits per heavy atom. The van der Waals surface area contributed by atoms with Crippen LogP contribution in [0.25, 0.3) is 11.3 Å². The summed E-state index contributed by atoms with van der Waals surface area (Å²) >= 11 is 0. The van der Waals surface area contributed by atoms with Crippen LogP contribution in [0.4, 0.5) is 0 Å². The van der Waals surface area contributed by atoms with Crippen molar-refractivity contribution in [3.8, 4) is 23.1 Å². The van der Waals surface area contributed by atoms with Crippen LogP contribution in [0.2, 0.25) is 0 Å². The smallest absolute Gasteiger partial charge is 0.178 e. The molecule has 2 aromatic rings. The number of carbonyl (C=O) groups is 1. The highest BCUT2D eigenvalue weighted by Crippen LogP contribution is 2.45. The van der Waals surface area contributed by atoms with E-state index in [0.717, 1.165) is 17.0 Å². The second-order valence-electron chi connectivity index (χ2n) is 7.26. The van der Waals surface area contributed by atoms with Crippen LogP contribution in [0.3, 0.4) is 0 Å². The molecule has 5 nitrogen and oxygen atoms in total. The molecule has 0 amide bonds. The highest BCUT2D eigenvalue weighted by molar-refractivity contribution is 6.04. The Labute approximate surface area is 159 Å². The summed E-state index contributed by atoms with van der Waals surface area (Å²) in [6.07, 6.45) is 2.01. The molecule has 0 radical (unpaired) electrons. The van der Waals surface area contributed by atoms with Gasteiger partial charge in [0, 0.05) is 18.1 Å². The number of carbonyl (C=O) groups excluding carboxylic acids is 1. The normalized spacial score (nSPS) is 21.3. The first-order chi connectivity index (χ1) is 12.9. The molecule has 1 unspecified atom stereocenters. The van der Waals surface area contributed by atoms with Crippen molar-refractivity contribution in [1.82, 2.24) is 4.98 Å². The molecule has 0 N–H and O–H groups in total. The molecule has 138 valence electrons. The minimum Gasteiger partial charge on any atom is -0.496 e. The molecule has 0 aliphatic heterocycles. The van der Waals surface area contributed by atoms with E-state index in [1.54, 1.807) is 20.3 Å². The van der Waals surface area contributed by atoms with Gasteiger partial charge in [-0.3, -0.25) is 4.79 Å². The summed E-state index contributed by atoms with van der Waals surface area (Å²) in [7, 11) is 3.20. The molecule has 27 heavy (non-hydrogen) atoms. The first-order valence-corrected chi connectivity index (χ1v) is 8.71. The van der Waals surface area contributed by atoms with E-state index in [-0.39, 0.29) is 11.4 Å². The number of ether oxygens (including phenoxy) is 2. The SMILES string of the molecule is COc1ccccc1-c1cccc(C2(OC)C=C(C#N)C(=O)C(C)(C)C2)n1. The highest BCUT2D eigenvalue weighted by atomic mass is 16.5. The number of nitriles is 1. The number of nitrogens with zero attached hydrogens (tertiary/aromatic N) is 2. The van der Waals surface area contributed by atoms with Gasteiger partial charge in [0.2, 0.25) is 0 Å². The third kappa shape index (κ3) is 3.24. The molecule has 0 spiro atoms. The van der Waals surface area contributed by atoms with E-state index < -0.39 is 11.0 Å². The van der Waals surface area contributed by atoms with Crippen LogP contribution in [0.5, 0.6) is 5.75 Å². The Bertz CT molecular complexity index is 956.